The van der Waals surface area contributed by atoms with Crippen LogP contribution in [0.3, 0.4) is 0 Å². The van der Waals surface area contributed by atoms with Crippen LogP contribution in [0.1, 0.15) is 38.0 Å². The van der Waals surface area contributed by atoms with Crippen LogP contribution in [0.4, 0.5) is 0 Å². The number of rotatable bonds is 4. The zero-order valence-corrected chi connectivity index (χ0v) is 14.9. The van der Waals surface area contributed by atoms with Gasteiger partial charge in [0.25, 0.3) is 11.8 Å². The maximum Gasteiger partial charge on any atom is 0.363 e. The van der Waals surface area contributed by atoms with Crippen LogP contribution in [-0.4, -0.2) is 37.0 Å². The van der Waals surface area contributed by atoms with E-state index in [1.54, 1.807) is 12.1 Å². The summed E-state index contributed by atoms with van der Waals surface area (Å²) in [5.41, 5.74) is 0.145. The first kappa shape index (κ1) is 18.4. The molecule has 0 N–H and O–H groups in total. The lowest BCUT2D eigenvalue weighted by molar-refractivity contribution is -0.0584. The van der Waals surface area contributed by atoms with E-state index in [2.05, 4.69) is 11.8 Å². The molecule has 3 rings (SSSR count). The number of hydrogen-bond donors (Lipinski definition) is 0. The van der Waals surface area contributed by atoms with Gasteiger partial charge in [-0.05, 0) is 37.3 Å². The number of fused-ring (bicyclic) bond motifs is 1. The minimum Gasteiger partial charge on any atom is -0.324 e. The summed E-state index contributed by atoms with van der Waals surface area (Å²) in [7, 11) is -3.70. The van der Waals surface area contributed by atoms with Gasteiger partial charge in [-0.25, -0.2) is 13.2 Å². The van der Waals surface area contributed by atoms with Crippen LogP contribution in [0, 0.1) is 11.8 Å². The average molecular weight is 383 g/mol. The molecule has 0 aromatic heterocycles. The van der Waals surface area contributed by atoms with E-state index in [1.165, 1.54) is 37.3 Å². The molecule has 0 saturated carbocycles. The first-order valence-corrected chi connectivity index (χ1v) is 9.43. The summed E-state index contributed by atoms with van der Waals surface area (Å²) in [6.07, 6.45) is 0. The number of amides is 2. The second-order valence-corrected chi connectivity index (χ2v) is 7.53. The molecule has 0 spiro atoms. The normalized spacial score (nSPS) is 13.0. The molecule has 1 aliphatic rings. The topological polar surface area (TPSA) is 97.8 Å². The summed E-state index contributed by atoms with van der Waals surface area (Å²) >= 11 is 0. The molecule has 1 aliphatic heterocycles. The van der Waals surface area contributed by atoms with Crippen LogP contribution in [0.25, 0.3) is 0 Å². The third-order valence-corrected chi connectivity index (χ3v) is 5.30. The number of hydrogen-bond acceptors (Lipinski definition) is 6. The van der Waals surface area contributed by atoms with E-state index >= 15 is 0 Å². The zero-order valence-electron chi connectivity index (χ0n) is 14.1. The molecule has 0 atom stereocenters. The van der Waals surface area contributed by atoms with Gasteiger partial charge in [-0.15, -0.1) is 5.92 Å². The molecule has 27 heavy (non-hydrogen) atoms. The number of sulfone groups is 1. The van der Waals surface area contributed by atoms with Gasteiger partial charge in [0.05, 0.1) is 21.6 Å². The summed E-state index contributed by atoms with van der Waals surface area (Å²) in [4.78, 5) is 41.6. The molecule has 8 heteroatoms. The Hall–Kier alpha value is -3.44. The van der Waals surface area contributed by atoms with Gasteiger partial charge in [0.15, 0.2) is 9.84 Å². The SMILES string of the molecule is CC#CCS(=O)(=O)c1cccc(C(=O)ON2C(=O)c3ccccc3C2=O)c1. The van der Waals surface area contributed by atoms with Crippen molar-refractivity contribution < 1.29 is 27.6 Å². The molecule has 0 saturated heterocycles. The summed E-state index contributed by atoms with van der Waals surface area (Å²) in [6, 6.07) is 11.2. The minimum atomic E-state index is -3.70. The van der Waals surface area contributed by atoms with Crippen LogP contribution in [0.5, 0.6) is 0 Å². The highest BCUT2D eigenvalue weighted by Gasteiger charge is 2.38. The van der Waals surface area contributed by atoms with Crippen molar-refractivity contribution in [2.45, 2.75) is 11.8 Å². The molecule has 136 valence electrons. The van der Waals surface area contributed by atoms with Gasteiger partial charge >= 0.3 is 5.97 Å². The van der Waals surface area contributed by atoms with Gasteiger partial charge in [-0.1, -0.05) is 29.2 Å². The fourth-order valence-corrected chi connectivity index (χ4v) is 3.55. The maximum absolute atomic E-state index is 12.3. The van der Waals surface area contributed by atoms with Crippen molar-refractivity contribution in [3.63, 3.8) is 0 Å². The van der Waals surface area contributed by atoms with Gasteiger partial charge in [-0.3, -0.25) is 9.59 Å². The van der Waals surface area contributed by atoms with E-state index in [4.69, 9.17) is 4.84 Å². The van der Waals surface area contributed by atoms with E-state index in [0.29, 0.717) is 5.06 Å². The molecule has 0 radical (unpaired) electrons. The molecule has 0 fully saturated rings. The molecule has 2 aromatic carbocycles. The minimum absolute atomic E-state index is 0.109. The Labute approximate surface area is 155 Å². The van der Waals surface area contributed by atoms with Gasteiger partial charge < -0.3 is 4.84 Å². The number of imide groups is 1. The highest BCUT2D eigenvalue weighted by atomic mass is 32.2. The average Bonchev–Trinajstić information content (AvgIpc) is 2.92. The van der Waals surface area contributed by atoms with Crippen molar-refractivity contribution in [1.82, 2.24) is 5.06 Å². The summed E-state index contributed by atoms with van der Waals surface area (Å²) < 4.78 is 24.4. The van der Waals surface area contributed by atoms with Crippen LogP contribution in [-0.2, 0) is 14.7 Å². The van der Waals surface area contributed by atoms with Crippen LogP contribution in [0.15, 0.2) is 53.4 Å². The lowest BCUT2D eigenvalue weighted by Gasteiger charge is -2.13. The number of benzene rings is 2. The zero-order chi connectivity index (χ0) is 19.6. The number of nitrogens with zero attached hydrogens (tertiary/aromatic N) is 1. The first-order chi connectivity index (χ1) is 12.8. The summed E-state index contributed by atoms with van der Waals surface area (Å²) in [5.74, 6) is 2.03. The fraction of sp³-hybridized carbons (Fsp3) is 0.105. The third-order valence-electron chi connectivity index (χ3n) is 3.80. The Morgan fingerprint density at radius 2 is 1.67 bits per heavy atom. The van der Waals surface area contributed by atoms with Gasteiger partial charge in [0.1, 0.15) is 5.75 Å². The van der Waals surface area contributed by atoms with Crippen LogP contribution >= 0.6 is 0 Å². The van der Waals surface area contributed by atoms with Crippen molar-refractivity contribution in [3.05, 3.63) is 65.2 Å². The second kappa shape index (κ2) is 7.05. The highest BCUT2D eigenvalue weighted by molar-refractivity contribution is 7.91. The first-order valence-electron chi connectivity index (χ1n) is 7.77. The van der Waals surface area contributed by atoms with E-state index in [9.17, 15) is 22.8 Å². The Bertz CT molecular complexity index is 1090. The van der Waals surface area contributed by atoms with E-state index < -0.39 is 27.6 Å². The molecular formula is C19H13NO6S. The molecule has 1 heterocycles. The number of carbonyl (C=O) groups is 3. The summed E-state index contributed by atoms with van der Waals surface area (Å²) in [5, 5.41) is 0.372. The molecule has 0 bridgehead atoms. The van der Waals surface area contributed by atoms with Gasteiger partial charge in [0.2, 0.25) is 0 Å². The Balaban J connectivity index is 1.84. The molecule has 2 aromatic rings. The molecule has 2 amide bonds. The Morgan fingerprint density at radius 1 is 1.04 bits per heavy atom. The van der Waals surface area contributed by atoms with Gasteiger partial charge in [-0.2, -0.15) is 0 Å². The third kappa shape index (κ3) is 3.45. The standard InChI is InChI=1S/C19H13NO6S/c1-2-3-11-27(24,25)14-8-6-7-13(12-14)19(23)26-20-17(21)15-9-4-5-10-16(15)18(20)22/h4-10,12H,11H2,1H3. The van der Waals surface area contributed by atoms with Crippen molar-refractivity contribution >= 4 is 27.6 Å². The van der Waals surface area contributed by atoms with E-state index in [-0.39, 0.29) is 27.3 Å². The maximum atomic E-state index is 12.3. The number of carbonyl (C=O) groups excluding carboxylic acids is 3. The molecule has 0 aliphatic carbocycles. The van der Waals surface area contributed by atoms with Crippen molar-refractivity contribution in [3.8, 4) is 11.8 Å². The molecular weight excluding hydrogens is 370 g/mol. The lowest BCUT2D eigenvalue weighted by Crippen LogP contribution is -2.32. The number of hydroxylamine groups is 2. The predicted molar refractivity (Wildman–Crippen MR) is 94.3 cm³/mol. The van der Waals surface area contributed by atoms with Crippen molar-refractivity contribution in [1.29, 1.82) is 0 Å². The fourth-order valence-electron chi connectivity index (χ4n) is 2.45. The van der Waals surface area contributed by atoms with E-state index in [1.807, 2.05) is 0 Å². The molecule has 7 nitrogen and oxygen atoms in total. The second-order valence-electron chi connectivity index (χ2n) is 5.54. The molecule has 0 unspecified atom stereocenters. The monoisotopic (exact) mass is 383 g/mol. The van der Waals surface area contributed by atoms with Crippen molar-refractivity contribution in [2.24, 2.45) is 0 Å². The van der Waals surface area contributed by atoms with Crippen LogP contribution < -0.4 is 0 Å². The van der Waals surface area contributed by atoms with Gasteiger partial charge in [0, 0.05) is 0 Å². The largest absolute Gasteiger partial charge is 0.363 e. The predicted octanol–water partition coefficient (Wildman–Crippen LogP) is 1.85. The Kier molecular flexibility index (Phi) is 4.79. The highest BCUT2D eigenvalue weighted by Crippen LogP contribution is 2.23. The van der Waals surface area contributed by atoms with Crippen molar-refractivity contribution in [2.75, 3.05) is 5.75 Å². The summed E-state index contributed by atoms with van der Waals surface area (Å²) in [6.45, 7) is 1.52. The smallest absolute Gasteiger partial charge is 0.324 e. The van der Waals surface area contributed by atoms with Crippen LogP contribution in [0.2, 0.25) is 0 Å². The quantitative estimate of drug-likeness (QED) is 0.590. The van der Waals surface area contributed by atoms with E-state index in [0.717, 1.165) is 6.07 Å². The lowest BCUT2D eigenvalue weighted by atomic mass is 10.1. The Morgan fingerprint density at radius 3 is 2.26 bits per heavy atom.